The van der Waals surface area contributed by atoms with Crippen LogP contribution in [-0.4, -0.2) is 50.7 Å². The molecule has 5 nitrogen and oxygen atoms in total. The molecule has 0 aliphatic carbocycles. The Hall–Kier alpha value is -1.63. The number of anilines is 1. The van der Waals surface area contributed by atoms with Crippen molar-refractivity contribution in [2.45, 2.75) is 12.6 Å². The predicted octanol–water partition coefficient (Wildman–Crippen LogP) is 2.36. The molecule has 0 spiro atoms. The fourth-order valence-electron chi connectivity index (χ4n) is 2.96. The summed E-state index contributed by atoms with van der Waals surface area (Å²) in [6.07, 6.45) is 2.00. The number of ether oxygens (including phenoxy) is 1. The van der Waals surface area contributed by atoms with Gasteiger partial charge in [0.1, 0.15) is 5.75 Å². The topological polar surface area (TPSA) is 40.6 Å². The highest BCUT2D eigenvalue weighted by Gasteiger charge is 2.26. The van der Waals surface area contributed by atoms with Crippen LogP contribution in [0.25, 0.3) is 0 Å². The van der Waals surface area contributed by atoms with Crippen LogP contribution in [0, 0.1) is 0 Å². The van der Waals surface area contributed by atoms with Crippen LogP contribution >= 0.6 is 11.3 Å². The van der Waals surface area contributed by atoms with Gasteiger partial charge in [-0.05, 0) is 6.07 Å². The van der Waals surface area contributed by atoms with Crippen molar-refractivity contribution in [2.24, 2.45) is 0 Å². The Bertz CT molecular complexity index is 643. The van der Waals surface area contributed by atoms with Crippen LogP contribution in [0.1, 0.15) is 16.5 Å². The second kappa shape index (κ2) is 7.29. The second-order valence-corrected chi connectivity index (χ2v) is 7.03. The first-order chi connectivity index (χ1) is 11.2. The molecule has 0 amide bonds. The van der Waals surface area contributed by atoms with Crippen LogP contribution in [0.2, 0.25) is 0 Å². The van der Waals surface area contributed by atoms with Gasteiger partial charge in [-0.1, -0.05) is 18.2 Å². The molecule has 0 bridgehead atoms. The Morgan fingerprint density at radius 3 is 2.96 bits per heavy atom. The Kier molecular flexibility index (Phi) is 5.15. The Balaban J connectivity index is 1.81. The highest BCUT2D eigenvalue weighted by Crippen LogP contribution is 2.32. The first-order valence-corrected chi connectivity index (χ1v) is 8.70. The molecule has 1 unspecified atom stereocenters. The van der Waals surface area contributed by atoms with Crippen LogP contribution in [0.5, 0.6) is 5.75 Å². The number of thiazole rings is 1. The van der Waals surface area contributed by atoms with Crippen molar-refractivity contribution in [1.29, 1.82) is 0 Å². The first-order valence-electron chi connectivity index (χ1n) is 7.88. The van der Waals surface area contributed by atoms with Gasteiger partial charge < -0.3 is 15.0 Å². The van der Waals surface area contributed by atoms with E-state index in [0.717, 1.165) is 37.1 Å². The third-order valence-electron chi connectivity index (χ3n) is 4.14. The van der Waals surface area contributed by atoms with E-state index in [9.17, 15) is 0 Å². The standard InChI is InChI=1S/C17H24N4OS/c1-20(2)17-19-10-13(23-17)12-21-9-8-18-11-15(21)14-6-4-5-7-16(14)22-3/h4-7,10,15,18H,8-9,11-12H2,1-3H3. The summed E-state index contributed by atoms with van der Waals surface area (Å²) in [6.45, 7) is 3.92. The monoisotopic (exact) mass is 332 g/mol. The van der Waals surface area contributed by atoms with Crippen molar-refractivity contribution in [3.05, 3.63) is 40.9 Å². The molecule has 1 saturated heterocycles. The highest BCUT2D eigenvalue weighted by atomic mass is 32.1. The molecule has 1 fully saturated rings. The summed E-state index contributed by atoms with van der Waals surface area (Å²) in [6, 6.07) is 8.64. The van der Waals surface area contributed by atoms with Crippen molar-refractivity contribution >= 4 is 16.5 Å². The van der Waals surface area contributed by atoms with Crippen LogP contribution in [0.4, 0.5) is 5.13 Å². The van der Waals surface area contributed by atoms with E-state index in [2.05, 4.69) is 32.2 Å². The lowest BCUT2D eigenvalue weighted by molar-refractivity contribution is 0.152. The summed E-state index contributed by atoms with van der Waals surface area (Å²) < 4.78 is 5.56. The normalized spacial score (nSPS) is 18.8. The molecule has 0 radical (unpaired) electrons. The number of aromatic nitrogens is 1. The second-order valence-electron chi connectivity index (χ2n) is 5.94. The van der Waals surface area contributed by atoms with Gasteiger partial charge in [0.15, 0.2) is 5.13 Å². The van der Waals surface area contributed by atoms with E-state index >= 15 is 0 Å². The van der Waals surface area contributed by atoms with Gasteiger partial charge >= 0.3 is 0 Å². The molecule has 1 aliphatic heterocycles. The minimum Gasteiger partial charge on any atom is -0.496 e. The molecule has 2 heterocycles. The number of hydrogen-bond donors (Lipinski definition) is 1. The van der Waals surface area contributed by atoms with Crippen LogP contribution in [0.3, 0.4) is 0 Å². The van der Waals surface area contributed by atoms with Crippen molar-refractivity contribution < 1.29 is 4.74 Å². The van der Waals surface area contributed by atoms with Crippen LogP contribution < -0.4 is 15.0 Å². The van der Waals surface area contributed by atoms with Crippen molar-refractivity contribution in [1.82, 2.24) is 15.2 Å². The Morgan fingerprint density at radius 1 is 1.39 bits per heavy atom. The number of rotatable bonds is 5. The fourth-order valence-corrected chi connectivity index (χ4v) is 3.82. The lowest BCUT2D eigenvalue weighted by Gasteiger charge is -2.36. The molecule has 124 valence electrons. The summed E-state index contributed by atoms with van der Waals surface area (Å²) in [7, 11) is 5.81. The number of methoxy groups -OCH3 is 1. The van der Waals surface area contributed by atoms with Crippen molar-refractivity contribution in [3.8, 4) is 5.75 Å². The van der Waals surface area contributed by atoms with Gasteiger partial charge in [-0.25, -0.2) is 4.98 Å². The summed E-state index contributed by atoms with van der Waals surface area (Å²) in [5.74, 6) is 0.962. The van der Waals surface area contributed by atoms with E-state index < -0.39 is 0 Å². The van der Waals surface area contributed by atoms with Crippen molar-refractivity contribution in [3.63, 3.8) is 0 Å². The predicted molar refractivity (Wildman–Crippen MR) is 95.5 cm³/mol. The summed E-state index contributed by atoms with van der Waals surface area (Å²) in [4.78, 5) is 10.4. The minimum atomic E-state index is 0.324. The van der Waals surface area contributed by atoms with Gasteiger partial charge in [0, 0.05) is 56.9 Å². The quantitative estimate of drug-likeness (QED) is 0.910. The summed E-state index contributed by atoms with van der Waals surface area (Å²) >= 11 is 1.76. The average molecular weight is 332 g/mol. The number of hydrogen-bond acceptors (Lipinski definition) is 6. The molecule has 1 aromatic heterocycles. The number of nitrogens with one attached hydrogen (secondary N) is 1. The number of piperazine rings is 1. The zero-order valence-electron chi connectivity index (χ0n) is 14.0. The smallest absolute Gasteiger partial charge is 0.185 e. The number of benzene rings is 1. The molecule has 2 aromatic rings. The first kappa shape index (κ1) is 16.2. The summed E-state index contributed by atoms with van der Waals surface area (Å²) in [5, 5.41) is 4.57. The average Bonchev–Trinajstić information content (AvgIpc) is 3.04. The lowest BCUT2D eigenvalue weighted by atomic mass is 10.0. The Morgan fingerprint density at radius 2 is 2.22 bits per heavy atom. The van der Waals surface area contributed by atoms with Crippen molar-refractivity contribution in [2.75, 3.05) is 45.7 Å². The molecule has 1 atom stereocenters. The molecular formula is C17H24N4OS. The largest absolute Gasteiger partial charge is 0.496 e. The SMILES string of the molecule is COc1ccccc1C1CNCCN1Cc1cnc(N(C)C)s1. The van der Waals surface area contributed by atoms with E-state index in [-0.39, 0.29) is 0 Å². The van der Waals surface area contributed by atoms with E-state index in [1.807, 2.05) is 32.4 Å². The van der Waals surface area contributed by atoms with Gasteiger partial charge in [-0.15, -0.1) is 11.3 Å². The van der Waals surface area contributed by atoms with Gasteiger partial charge in [-0.3, -0.25) is 4.90 Å². The minimum absolute atomic E-state index is 0.324. The van der Waals surface area contributed by atoms with E-state index in [0.29, 0.717) is 6.04 Å². The zero-order chi connectivity index (χ0) is 16.2. The zero-order valence-corrected chi connectivity index (χ0v) is 14.8. The summed E-state index contributed by atoms with van der Waals surface area (Å²) in [5.41, 5.74) is 1.25. The number of nitrogens with zero attached hydrogens (tertiary/aromatic N) is 3. The van der Waals surface area contributed by atoms with E-state index in [1.54, 1.807) is 18.4 Å². The molecule has 6 heteroatoms. The maximum absolute atomic E-state index is 5.56. The molecule has 3 rings (SSSR count). The molecule has 1 aliphatic rings. The molecule has 23 heavy (non-hydrogen) atoms. The fraction of sp³-hybridized carbons (Fsp3) is 0.471. The maximum Gasteiger partial charge on any atom is 0.185 e. The van der Waals surface area contributed by atoms with Gasteiger partial charge in [0.2, 0.25) is 0 Å². The third-order valence-corrected chi connectivity index (χ3v) is 5.28. The molecule has 1 aromatic carbocycles. The van der Waals surface area contributed by atoms with Gasteiger partial charge in [0.05, 0.1) is 13.2 Å². The van der Waals surface area contributed by atoms with Gasteiger partial charge in [0.25, 0.3) is 0 Å². The molecule has 1 N–H and O–H groups in total. The molecular weight excluding hydrogens is 308 g/mol. The highest BCUT2D eigenvalue weighted by molar-refractivity contribution is 7.15. The van der Waals surface area contributed by atoms with Crippen LogP contribution in [-0.2, 0) is 6.54 Å². The van der Waals surface area contributed by atoms with E-state index in [4.69, 9.17) is 4.74 Å². The maximum atomic E-state index is 5.56. The lowest BCUT2D eigenvalue weighted by Crippen LogP contribution is -2.45. The molecule has 0 saturated carbocycles. The van der Waals surface area contributed by atoms with Gasteiger partial charge in [-0.2, -0.15) is 0 Å². The number of para-hydroxylation sites is 1. The third kappa shape index (κ3) is 3.65. The Labute approximate surface area is 141 Å². The van der Waals surface area contributed by atoms with E-state index in [1.165, 1.54) is 10.4 Å². The van der Waals surface area contributed by atoms with Crippen LogP contribution in [0.15, 0.2) is 30.5 Å².